The Morgan fingerprint density at radius 3 is 2.96 bits per heavy atom. The highest BCUT2D eigenvalue weighted by atomic mass is 35.5. The summed E-state index contributed by atoms with van der Waals surface area (Å²) in [7, 11) is 0. The van der Waals surface area contributed by atoms with E-state index in [1.54, 1.807) is 12.1 Å². The van der Waals surface area contributed by atoms with Gasteiger partial charge in [0.15, 0.2) is 6.10 Å². The van der Waals surface area contributed by atoms with Gasteiger partial charge in [0.1, 0.15) is 5.75 Å². The Morgan fingerprint density at radius 1 is 1.42 bits per heavy atom. The first-order valence-corrected chi connectivity index (χ1v) is 9.39. The minimum atomic E-state index is -0.615. The predicted molar refractivity (Wildman–Crippen MR) is 100 cm³/mol. The van der Waals surface area contributed by atoms with Crippen molar-refractivity contribution in [3.63, 3.8) is 0 Å². The van der Waals surface area contributed by atoms with Crippen molar-refractivity contribution in [1.29, 1.82) is 0 Å². The highest BCUT2D eigenvalue weighted by molar-refractivity contribution is 7.13. The lowest BCUT2D eigenvalue weighted by Gasteiger charge is -2.17. The largest absolute Gasteiger partial charge is 0.481 e. The number of aryl methyl sites for hydroxylation is 1. The standard InChI is InChI=1S/C18H18ClN3O3S/c1-3-14(24-12-6-7-13(19)11(2)9-12)18(23)20-10-16-21-17(22-25-16)15-5-4-8-26-15/h4-9,14H,3,10H2,1-2H3,(H,20,23)/t14-/m1/s1. The Morgan fingerprint density at radius 2 is 2.27 bits per heavy atom. The molecule has 0 saturated carbocycles. The molecule has 8 heteroatoms. The number of nitrogens with zero attached hydrogens (tertiary/aromatic N) is 2. The van der Waals surface area contributed by atoms with Crippen molar-refractivity contribution in [3.05, 3.63) is 52.2 Å². The maximum absolute atomic E-state index is 12.4. The number of hydrogen-bond acceptors (Lipinski definition) is 6. The van der Waals surface area contributed by atoms with E-state index in [-0.39, 0.29) is 12.5 Å². The zero-order valence-electron chi connectivity index (χ0n) is 14.4. The van der Waals surface area contributed by atoms with Crippen LogP contribution in [0.5, 0.6) is 5.75 Å². The first-order chi connectivity index (χ1) is 12.6. The highest BCUT2D eigenvalue weighted by Gasteiger charge is 2.19. The molecule has 0 bridgehead atoms. The smallest absolute Gasteiger partial charge is 0.261 e. The molecule has 1 amide bonds. The Labute approximate surface area is 160 Å². The number of thiophene rings is 1. The fraction of sp³-hybridized carbons (Fsp3) is 0.278. The van der Waals surface area contributed by atoms with Crippen molar-refractivity contribution in [3.8, 4) is 16.5 Å². The second kappa shape index (κ2) is 8.33. The lowest BCUT2D eigenvalue weighted by atomic mass is 10.2. The molecule has 1 aromatic carbocycles. The Hall–Kier alpha value is -2.38. The van der Waals surface area contributed by atoms with Gasteiger partial charge in [0.05, 0.1) is 11.4 Å². The van der Waals surface area contributed by atoms with Crippen LogP contribution in [0, 0.1) is 6.92 Å². The third kappa shape index (κ3) is 4.42. The molecule has 0 spiro atoms. The van der Waals surface area contributed by atoms with Crippen LogP contribution in [0.3, 0.4) is 0 Å². The van der Waals surface area contributed by atoms with Gasteiger partial charge < -0.3 is 14.6 Å². The summed E-state index contributed by atoms with van der Waals surface area (Å²) >= 11 is 7.54. The molecule has 0 aliphatic heterocycles. The third-order valence-electron chi connectivity index (χ3n) is 3.69. The maximum Gasteiger partial charge on any atom is 0.261 e. The monoisotopic (exact) mass is 391 g/mol. The number of halogens is 1. The minimum Gasteiger partial charge on any atom is -0.481 e. The Bertz CT molecular complexity index is 880. The summed E-state index contributed by atoms with van der Waals surface area (Å²) in [6.45, 7) is 3.92. The molecule has 2 aromatic heterocycles. The van der Waals surface area contributed by atoms with Crippen molar-refractivity contribution in [2.75, 3.05) is 0 Å². The first-order valence-electron chi connectivity index (χ1n) is 8.13. The summed E-state index contributed by atoms with van der Waals surface area (Å²) in [5, 5.41) is 9.29. The normalized spacial score (nSPS) is 12.0. The molecular weight excluding hydrogens is 374 g/mol. The molecule has 0 fully saturated rings. The predicted octanol–water partition coefficient (Wildman–Crippen LogP) is 4.23. The second-order valence-electron chi connectivity index (χ2n) is 5.63. The van der Waals surface area contributed by atoms with Crippen LogP contribution in [0.15, 0.2) is 40.2 Å². The molecule has 0 unspecified atom stereocenters. The molecule has 26 heavy (non-hydrogen) atoms. The number of amides is 1. The molecule has 1 atom stereocenters. The summed E-state index contributed by atoms with van der Waals surface area (Å²) in [6.07, 6.45) is -0.0899. The van der Waals surface area contributed by atoms with Gasteiger partial charge in [-0.05, 0) is 48.6 Å². The number of rotatable bonds is 7. The zero-order chi connectivity index (χ0) is 18.5. The topological polar surface area (TPSA) is 77.2 Å². The van der Waals surface area contributed by atoms with Gasteiger partial charge in [-0.3, -0.25) is 4.79 Å². The van der Waals surface area contributed by atoms with Crippen molar-refractivity contribution >= 4 is 28.8 Å². The summed E-state index contributed by atoms with van der Waals surface area (Å²) in [6, 6.07) is 9.13. The van der Waals surface area contributed by atoms with Crippen LogP contribution in [-0.4, -0.2) is 22.2 Å². The number of aromatic nitrogens is 2. The zero-order valence-corrected chi connectivity index (χ0v) is 15.9. The molecule has 136 valence electrons. The van der Waals surface area contributed by atoms with Gasteiger partial charge in [-0.25, -0.2) is 0 Å². The summed E-state index contributed by atoms with van der Waals surface area (Å²) < 4.78 is 11.0. The average Bonchev–Trinajstić information content (AvgIpc) is 3.31. The first kappa shape index (κ1) is 18.4. The van der Waals surface area contributed by atoms with E-state index in [0.29, 0.717) is 28.9 Å². The lowest BCUT2D eigenvalue weighted by Crippen LogP contribution is -2.37. The third-order valence-corrected chi connectivity index (χ3v) is 4.98. The van der Waals surface area contributed by atoms with Crippen molar-refractivity contribution < 1.29 is 14.1 Å². The van der Waals surface area contributed by atoms with E-state index in [2.05, 4.69) is 15.5 Å². The van der Waals surface area contributed by atoms with Gasteiger partial charge in [0, 0.05) is 5.02 Å². The molecule has 0 saturated heterocycles. The van der Waals surface area contributed by atoms with Crippen LogP contribution in [-0.2, 0) is 11.3 Å². The van der Waals surface area contributed by atoms with Gasteiger partial charge in [0.2, 0.25) is 11.7 Å². The Kier molecular flexibility index (Phi) is 5.90. The quantitative estimate of drug-likeness (QED) is 0.652. The molecule has 6 nitrogen and oxygen atoms in total. The van der Waals surface area contributed by atoms with Crippen LogP contribution in [0.25, 0.3) is 10.7 Å². The van der Waals surface area contributed by atoms with Crippen molar-refractivity contribution in [1.82, 2.24) is 15.5 Å². The number of nitrogens with one attached hydrogen (secondary N) is 1. The van der Waals surface area contributed by atoms with Gasteiger partial charge in [-0.15, -0.1) is 11.3 Å². The van der Waals surface area contributed by atoms with E-state index in [4.69, 9.17) is 20.9 Å². The Balaban J connectivity index is 1.58. The molecule has 3 rings (SSSR count). The maximum atomic E-state index is 12.4. The number of benzene rings is 1. The van der Waals surface area contributed by atoms with Gasteiger partial charge >= 0.3 is 0 Å². The molecule has 0 aliphatic rings. The van der Waals surface area contributed by atoms with Gasteiger partial charge in [0.25, 0.3) is 5.91 Å². The van der Waals surface area contributed by atoms with E-state index in [1.807, 2.05) is 37.4 Å². The number of hydrogen-bond donors (Lipinski definition) is 1. The summed E-state index contributed by atoms with van der Waals surface area (Å²) in [5.41, 5.74) is 0.895. The van der Waals surface area contributed by atoms with Crippen LogP contribution < -0.4 is 10.1 Å². The van der Waals surface area contributed by atoms with E-state index in [0.717, 1.165) is 10.4 Å². The minimum absolute atomic E-state index is 0.150. The van der Waals surface area contributed by atoms with Crippen LogP contribution in [0.4, 0.5) is 0 Å². The van der Waals surface area contributed by atoms with Crippen molar-refractivity contribution in [2.24, 2.45) is 0 Å². The van der Waals surface area contributed by atoms with E-state index < -0.39 is 6.10 Å². The fourth-order valence-electron chi connectivity index (χ4n) is 2.29. The molecule has 3 aromatic rings. The SMILES string of the molecule is CC[C@@H](Oc1ccc(Cl)c(C)c1)C(=O)NCc1nc(-c2cccs2)no1. The molecule has 2 heterocycles. The van der Waals surface area contributed by atoms with E-state index in [1.165, 1.54) is 11.3 Å². The summed E-state index contributed by atoms with van der Waals surface area (Å²) in [5.74, 6) is 1.23. The average molecular weight is 392 g/mol. The van der Waals surface area contributed by atoms with E-state index >= 15 is 0 Å². The molecule has 1 N–H and O–H groups in total. The lowest BCUT2D eigenvalue weighted by molar-refractivity contribution is -0.128. The molecular formula is C18H18ClN3O3S. The second-order valence-corrected chi connectivity index (χ2v) is 6.99. The molecule has 0 aliphatic carbocycles. The number of carbonyl (C=O) groups excluding carboxylic acids is 1. The van der Waals surface area contributed by atoms with Gasteiger partial charge in [-0.2, -0.15) is 4.98 Å². The van der Waals surface area contributed by atoms with E-state index in [9.17, 15) is 4.79 Å². The van der Waals surface area contributed by atoms with Crippen LogP contribution in [0.2, 0.25) is 5.02 Å². The molecule has 0 radical (unpaired) electrons. The fourth-order valence-corrected chi connectivity index (χ4v) is 3.05. The number of carbonyl (C=O) groups is 1. The summed E-state index contributed by atoms with van der Waals surface area (Å²) in [4.78, 5) is 17.6. The van der Waals surface area contributed by atoms with Gasteiger partial charge in [-0.1, -0.05) is 29.7 Å². The van der Waals surface area contributed by atoms with Crippen LogP contribution in [0.1, 0.15) is 24.8 Å². The van der Waals surface area contributed by atoms with Crippen molar-refractivity contribution in [2.45, 2.75) is 32.9 Å². The highest BCUT2D eigenvalue weighted by Crippen LogP contribution is 2.23. The van der Waals surface area contributed by atoms with Crippen LogP contribution >= 0.6 is 22.9 Å². The number of ether oxygens (including phenoxy) is 1.